The summed E-state index contributed by atoms with van der Waals surface area (Å²) in [7, 11) is 1.42. The lowest BCUT2D eigenvalue weighted by molar-refractivity contribution is -0.192. The molecule has 0 aliphatic heterocycles. The molecule has 0 unspecified atom stereocenters. The van der Waals surface area contributed by atoms with Crippen molar-refractivity contribution in [3.05, 3.63) is 35.4 Å². The maximum absolute atomic E-state index is 13.3. The summed E-state index contributed by atoms with van der Waals surface area (Å²) in [5.41, 5.74) is -0.00783. The fourth-order valence-electron chi connectivity index (χ4n) is 1.64. The Balaban J connectivity index is 1.93. The Morgan fingerprint density at radius 1 is 1.47 bits per heavy atom. The van der Waals surface area contributed by atoms with Gasteiger partial charge >= 0.3 is 5.97 Å². The Hall–Kier alpha value is -1.98. The van der Waals surface area contributed by atoms with Crippen molar-refractivity contribution in [1.82, 2.24) is 5.17 Å². The summed E-state index contributed by atoms with van der Waals surface area (Å²) in [5.74, 6) is -2.34. The van der Waals surface area contributed by atoms with Crippen LogP contribution >= 0.6 is 0 Å². The van der Waals surface area contributed by atoms with Crippen LogP contribution in [0, 0.1) is 17.6 Å². The number of halogens is 2. The minimum absolute atomic E-state index is 0.00783. The molecule has 0 N–H and O–H groups in total. The molecule has 0 aromatic heterocycles. The number of hydrogen-bond donors (Lipinski definition) is 0. The fraction of sp³-hybridized carbons (Fsp3) is 0.385. The molecule has 1 aromatic carbocycles. The molecule has 1 saturated carbocycles. The molecule has 0 heterocycles. The number of carbonyl (C=O) groups excluding carboxylic acids is 1. The first-order valence-electron chi connectivity index (χ1n) is 6.01. The predicted molar refractivity (Wildman–Crippen MR) is 65.1 cm³/mol. The Kier molecular flexibility index (Phi) is 4.09. The van der Waals surface area contributed by atoms with Crippen LogP contribution in [0.4, 0.5) is 8.78 Å². The van der Waals surface area contributed by atoms with E-state index < -0.39 is 11.6 Å². The molecule has 6 heteroatoms. The Bertz CT molecular complexity index is 501. The van der Waals surface area contributed by atoms with Crippen molar-refractivity contribution in [3.63, 3.8) is 0 Å². The van der Waals surface area contributed by atoms with Crippen molar-refractivity contribution < 1.29 is 18.4 Å². The third-order valence-corrected chi connectivity index (χ3v) is 3.00. The lowest BCUT2D eigenvalue weighted by Gasteiger charge is -2.24. The number of hydrogen-bond acceptors (Lipinski definition) is 4. The second kappa shape index (κ2) is 5.77. The third kappa shape index (κ3) is 3.27. The quantitative estimate of drug-likeness (QED) is 0.622. The first-order chi connectivity index (χ1) is 9.08. The van der Waals surface area contributed by atoms with Gasteiger partial charge in [-0.15, -0.1) is 10.3 Å². The van der Waals surface area contributed by atoms with Gasteiger partial charge in [0.15, 0.2) is 11.6 Å². The summed E-state index contributed by atoms with van der Waals surface area (Å²) in [6.45, 7) is 0. The van der Waals surface area contributed by atoms with E-state index in [1.54, 1.807) is 0 Å². The Morgan fingerprint density at radius 2 is 2.21 bits per heavy atom. The smallest absolute Gasteiger partial charge is 0.324 e. The second-order valence-corrected chi connectivity index (χ2v) is 4.39. The molecule has 0 spiro atoms. The van der Waals surface area contributed by atoms with Crippen molar-refractivity contribution >= 4 is 12.2 Å². The summed E-state index contributed by atoms with van der Waals surface area (Å²) >= 11 is 0. The van der Waals surface area contributed by atoms with Crippen LogP contribution in [0.3, 0.4) is 0 Å². The number of benzene rings is 1. The molecule has 4 nitrogen and oxygen atoms in total. The zero-order valence-corrected chi connectivity index (χ0v) is 10.5. The van der Waals surface area contributed by atoms with Crippen LogP contribution in [-0.2, 0) is 9.63 Å². The Morgan fingerprint density at radius 3 is 2.84 bits per heavy atom. The fourth-order valence-corrected chi connectivity index (χ4v) is 1.64. The summed E-state index contributed by atoms with van der Waals surface area (Å²) in [5, 5.41) is 4.69. The number of rotatable bonds is 4. The molecule has 1 aliphatic rings. The van der Waals surface area contributed by atoms with E-state index in [0.29, 0.717) is 0 Å². The van der Waals surface area contributed by atoms with Crippen molar-refractivity contribution in [2.24, 2.45) is 11.0 Å². The zero-order chi connectivity index (χ0) is 13.8. The highest BCUT2D eigenvalue weighted by Gasteiger charge is 2.27. The van der Waals surface area contributed by atoms with Crippen LogP contribution in [-0.4, -0.2) is 24.4 Å². The number of carbonyl (C=O) groups is 1. The summed E-state index contributed by atoms with van der Waals surface area (Å²) < 4.78 is 26.3. The SMILES string of the molecule is CN(N=Cc1cccc(F)c1F)OC(=O)C1CCC1. The van der Waals surface area contributed by atoms with Gasteiger partial charge in [0.25, 0.3) is 0 Å². The first kappa shape index (κ1) is 13.5. The highest BCUT2D eigenvalue weighted by Crippen LogP contribution is 2.27. The van der Waals surface area contributed by atoms with E-state index in [9.17, 15) is 13.6 Å². The topological polar surface area (TPSA) is 41.9 Å². The van der Waals surface area contributed by atoms with Crippen LogP contribution in [0.25, 0.3) is 0 Å². The van der Waals surface area contributed by atoms with E-state index in [0.717, 1.165) is 36.7 Å². The van der Waals surface area contributed by atoms with E-state index in [1.807, 2.05) is 0 Å². The van der Waals surface area contributed by atoms with Gasteiger partial charge in [-0.25, -0.2) is 13.6 Å². The monoisotopic (exact) mass is 268 g/mol. The van der Waals surface area contributed by atoms with Gasteiger partial charge in [-0.1, -0.05) is 18.6 Å². The van der Waals surface area contributed by atoms with Crippen molar-refractivity contribution in [3.8, 4) is 0 Å². The average Bonchev–Trinajstić information content (AvgIpc) is 2.28. The molecular formula is C13H14F2N2O2. The predicted octanol–water partition coefficient (Wildman–Crippen LogP) is 2.49. The van der Waals surface area contributed by atoms with Gasteiger partial charge in [0.2, 0.25) is 0 Å². The lowest BCUT2D eigenvalue weighted by atomic mass is 9.86. The molecule has 0 saturated heterocycles. The standard InChI is InChI=1S/C13H14F2N2O2/c1-17(19-13(18)9-4-2-5-9)16-8-10-6-3-7-11(14)12(10)15/h3,6-9H,2,4-5H2,1H3. The van der Waals surface area contributed by atoms with E-state index >= 15 is 0 Å². The van der Waals surface area contributed by atoms with Gasteiger partial charge in [0, 0.05) is 5.56 Å². The molecule has 0 radical (unpaired) electrons. The van der Waals surface area contributed by atoms with E-state index in [2.05, 4.69) is 5.10 Å². The van der Waals surface area contributed by atoms with Crippen LogP contribution in [0.15, 0.2) is 23.3 Å². The maximum Gasteiger partial charge on any atom is 0.337 e. The van der Waals surface area contributed by atoms with Crippen LogP contribution < -0.4 is 0 Å². The highest BCUT2D eigenvalue weighted by molar-refractivity contribution is 5.79. The minimum atomic E-state index is -0.982. The van der Waals surface area contributed by atoms with Crippen LogP contribution in [0.5, 0.6) is 0 Å². The molecule has 0 atom stereocenters. The molecular weight excluding hydrogens is 254 g/mol. The molecule has 102 valence electrons. The van der Waals surface area contributed by atoms with Crippen molar-refractivity contribution in [2.45, 2.75) is 19.3 Å². The highest BCUT2D eigenvalue weighted by atomic mass is 19.2. The van der Waals surface area contributed by atoms with Gasteiger partial charge in [-0.2, -0.15) is 0 Å². The number of hydrazone groups is 1. The molecule has 2 rings (SSSR count). The molecule has 1 aromatic rings. The number of nitrogens with zero attached hydrogens (tertiary/aromatic N) is 2. The maximum atomic E-state index is 13.3. The lowest BCUT2D eigenvalue weighted by Crippen LogP contribution is -2.28. The van der Waals surface area contributed by atoms with Gasteiger partial charge in [0.05, 0.1) is 19.2 Å². The number of hydroxylamine groups is 1. The van der Waals surface area contributed by atoms with E-state index in [1.165, 1.54) is 19.2 Å². The minimum Gasteiger partial charge on any atom is -0.324 e. The largest absolute Gasteiger partial charge is 0.337 e. The third-order valence-electron chi connectivity index (χ3n) is 3.00. The molecule has 0 bridgehead atoms. The Labute approximate surface area is 109 Å². The summed E-state index contributed by atoms with van der Waals surface area (Å²) in [4.78, 5) is 16.4. The summed E-state index contributed by atoms with van der Waals surface area (Å²) in [6, 6.07) is 3.77. The van der Waals surface area contributed by atoms with E-state index in [4.69, 9.17) is 4.84 Å². The van der Waals surface area contributed by atoms with Crippen LogP contribution in [0.2, 0.25) is 0 Å². The molecule has 0 amide bonds. The van der Waals surface area contributed by atoms with E-state index in [-0.39, 0.29) is 17.5 Å². The van der Waals surface area contributed by atoms with Crippen molar-refractivity contribution in [1.29, 1.82) is 0 Å². The molecule has 1 aliphatic carbocycles. The average molecular weight is 268 g/mol. The molecule has 1 fully saturated rings. The van der Waals surface area contributed by atoms with Gasteiger partial charge in [-0.05, 0) is 18.9 Å². The summed E-state index contributed by atoms with van der Waals surface area (Å²) in [6.07, 6.45) is 3.79. The van der Waals surface area contributed by atoms with Crippen molar-refractivity contribution in [2.75, 3.05) is 7.05 Å². The molecule has 19 heavy (non-hydrogen) atoms. The second-order valence-electron chi connectivity index (χ2n) is 4.39. The van der Waals surface area contributed by atoms with Gasteiger partial charge in [-0.3, -0.25) is 0 Å². The van der Waals surface area contributed by atoms with Gasteiger partial charge < -0.3 is 4.84 Å². The first-order valence-corrected chi connectivity index (χ1v) is 6.01. The van der Waals surface area contributed by atoms with Crippen LogP contribution in [0.1, 0.15) is 24.8 Å². The zero-order valence-electron chi connectivity index (χ0n) is 10.5. The normalized spacial score (nSPS) is 15.3. The van der Waals surface area contributed by atoms with Gasteiger partial charge in [0.1, 0.15) is 0 Å².